The molecule has 0 aliphatic rings. The average Bonchev–Trinajstić information content (AvgIpc) is 2.33. The third-order valence-electron chi connectivity index (χ3n) is 1.96. The summed E-state index contributed by atoms with van der Waals surface area (Å²) in [5, 5.41) is 12.6. The summed E-state index contributed by atoms with van der Waals surface area (Å²) in [6, 6.07) is 9.43. The highest BCUT2D eigenvalue weighted by atomic mass is 16.5. The maximum atomic E-state index is 9.57. The van der Waals surface area contributed by atoms with Gasteiger partial charge in [0.25, 0.3) is 0 Å². The van der Waals surface area contributed by atoms with Crippen LogP contribution in [0, 0.1) is 0 Å². The van der Waals surface area contributed by atoms with Crippen LogP contribution in [0.15, 0.2) is 42.6 Å². The summed E-state index contributed by atoms with van der Waals surface area (Å²) in [7, 11) is 0. The van der Waals surface area contributed by atoms with Gasteiger partial charge in [0.2, 0.25) is 0 Å². The molecule has 0 fully saturated rings. The summed E-state index contributed by atoms with van der Waals surface area (Å²) < 4.78 is 5.39. The topological polar surface area (TPSA) is 67.5 Å². The zero-order valence-electron chi connectivity index (χ0n) is 9.17. The molecule has 0 aliphatic heterocycles. The number of nitrogens with one attached hydrogen (secondary N) is 1. The first-order valence-corrected chi connectivity index (χ1v) is 5.26. The SMILES string of the molecule is NC=CCNCC(O)COc1ccccc1. The number of hydrogen-bond donors (Lipinski definition) is 3. The summed E-state index contributed by atoms with van der Waals surface area (Å²) in [6.45, 7) is 1.42. The van der Waals surface area contributed by atoms with Gasteiger partial charge in [0, 0.05) is 13.1 Å². The normalized spacial score (nSPS) is 12.8. The molecular formula is C12H18N2O2. The van der Waals surface area contributed by atoms with Crippen LogP contribution in [0.4, 0.5) is 0 Å². The van der Waals surface area contributed by atoms with Crippen LogP contribution in [-0.4, -0.2) is 30.9 Å². The minimum Gasteiger partial charge on any atom is -0.491 e. The van der Waals surface area contributed by atoms with Gasteiger partial charge >= 0.3 is 0 Å². The van der Waals surface area contributed by atoms with Crippen LogP contribution in [0.2, 0.25) is 0 Å². The van der Waals surface area contributed by atoms with Gasteiger partial charge < -0.3 is 20.9 Å². The minimum atomic E-state index is -0.522. The predicted octanol–water partition coefficient (Wildman–Crippen LogP) is 0.488. The Balaban J connectivity index is 2.13. The monoisotopic (exact) mass is 222 g/mol. The number of benzene rings is 1. The van der Waals surface area contributed by atoms with Crippen molar-refractivity contribution in [1.82, 2.24) is 5.32 Å². The minimum absolute atomic E-state index is 0.281. The van der Waals surface area contributed by atoms with Crippen molar-refractivity contribution in [2.24, 2.45) is 5.73 Å². The van der Waals surface area contributed by atoms with E-state index in [-0.39, 0.29) is 6.61 Å². The van der Waals surface area contributed by atoms with Gasteiger partial charge in [-0.2, -0.15) is 0 Å². The highest BCUT2D eigenvalue weighted by Gasteiger charge is 2.03. The standard InChI is InChI=1S/C12H18N2O2/c13-7-4-8-14-9-11(15)10-16-12-5-2-1-3-6-12/h1-7,11,14-15H,8-10,13H2. The van der Waals surface area contributed by atoms with Crippen LogP contribution in [-0.2, 0) is 0 Å². The Morgan fingerprint density at radius 2 is 2.12 bits per heavy atom. The Hall–Kier alpha value is -1.52. The van der Waals surface area contributed by atoms with Crippen LogP contribution < -0.4 is 15.8 Å². The van der Waals surface area contributed by atoms with E-state index in [2.05, 4.69) is 5.32 Å². The predicted molar refractivity (Wildman–Crippen MR) is 64.1 cm³/mol. The van der Waals surface area contributed by atoms with Crippen LogP contribution in [0.25, 0.3) is 0 Å². The van der Waals surface area contributed by atoms with Gasteiger partial charge in [0.05, 0.1) is 0 Å². The van der Waals surface area contributed by atoms with Crippen molar-refractivity contribution >= 4 is 0 Å². The van der Waals surface area contributed by atoms with Crippen molar-refractivity contribution in [2.45, 2.75) is 6.10 Å². The fourth-order valence-electron chi connectivity index (χ4n) is 1.17. The zero-order valence-corrected chi connectivity index (χ0v) is 9.17. The highest BCUT2D eigenvalue weighted by Crippen LogP contribution is 2.08. The zero-order chi connectivity index (χ0) is 11.6. The highest BCUT2D eigenvalue weighted by molar-refractivity contribution is 5.20. The smallest absolute Gasteiger partial charge is 0.119 e. The van der Waals surface area contributed by atoms with Crippen molar-refractivity contribution in [3.05, 3.63) is 42.6 Å². The molecule has 0 amide bonds. The first-order valence-electron chi connectivity index (χ1n) is 5.26. The van der Waals surface area contributed by atoms with E-state index in [1.807, 2.05) is 30.3 Å². The molecule has 0 radical (unpaired) electrons. The fraction of sp³-hybridized carbons (Fsp3) is 0.333. The number of hydrogen-bond acceptors (Lipinski definition) is 4. The number of aliphatic hydroxyl groups excluding tert-OH is 1. The van der Waals surface area contributed by atoms with Crippen LogP contribution in [0.1, 0.15) is 0 Å². The molecule has 88 valence electrons. The van der Waals surface area contributed by atoms with E-state index >= 15 is 0 Å². The largest absolute Gasteiger partial charge is 0.491 e. The lowest BCUT2D eigenvalue weighted by molar-refractivity contribution is 0.107. The van der Waals surface area contributed by atoms with E-state index in [0.29, 0.717) is 13.1 Å². The second kappa shape index (κ2) is 7.73. The molecule has 1 aromatic rings. The van der Waals surface area contributed by atoms with Gasteiger partial charge in [-0.15, -0.1) is 0 Å². The molecule has 4 N–H and O–H groups in total. The third kappa shape index (κ3) is 5.38. The molecule has 0 aromatic heterocycles. The fourth-order valence-corrected chi connectivity index (χ4v) is 1.17. The molecule has 1 atom stereocenters. The number of ether oxygens (including phenoxy) is 1. The molecule has 1 unspecified atom stereocenters. The first kappa shape index (κ1) is 12.5. The van der Waals surface area contributed by atoms with Crippen LogP contribution >= 0.6 is 0 Å². The molecule has 16 heavy (non-hydrogen) atoms. The number of aliphatic hydroxyl groups is 1. The van der Waals surface area contributed by atoms with E-state index in [1.165, 1.54) is 6.20 Å². The van der Waals surface area contributed by atoms with Crippen molar-refractivity contribution in [2.75, 3.05) is 19.7 Å². The summed E-state index contributed by atoms with van der Waals surface area (Å²) in [5.41, 5.74) is 5.17. The van der Waals surface area contributed by atoms with Gasteiger partial charge in [0.1, 0.15) is 18.5 Å². The van der Waals surface area contributed by atoms with E-state index in [0.717, 1.165) is 5.75 Å². The summed E-state index contributed by atoms with van der Waals surface area (Å²) in [6.07, 6.45) is 2.73. The van der Waals surface area contributed by atoms with Gasteiger partial charge in [0.15, 0.2) is 0 Å². The van der Waals surface area contributed by atoms with Gasteiger partial charge in [-0.25, -0.2) is 0 Å². The molecule has 4 nitrogen and oxygen atoms in total. The van der Waals surface area contributed by atoms with E-state index in [9.17, 15) is 5.11 Å². The summed E-state index contributed by atoms with van der Waals surface area (Å²) >= 11 is 0. The molecule has 0 spiro atoms. The molecule has 0 aliphatic carbocycles. The van der Waals surface area contributed by atoms with Crippen LogP contribution in [0.5, 0.6) is 5.75 Å². The summed E-state index contributed by atoms with van der Waals surface area (Å²) in [4.78, 5) is 0. The Labute approximate surface area is 95.7 Å². The molecule has 0 bridgehead atoms. The van der Waals surface area contributed by atoms with Gasteiger partial charge in [-0.1, -0.05) is 24.3 Å². The van der Waals surface area contributed by atoms with E-state index < -0.39 is 6.10 Å². The molecule has 0 saturated carbocycles. The quantitative estimate of drug-likeness (QED) is 0.587. The lowest BCUT2D eigenvalue weighted by Gasteiger charge is -2.12. The molecule has 0 heterocycles. The Bertz CT molecular complexity index is 301. The average molecular weight is 222 g/mol. The maximum absolute atomic E-state index is 9.57. The molecule has 1 aromatic carbocycles. The van der Waals surface area contributed by atoms with Crippen molar-refractivity contribution < 1.29 is 9.84 Å². The van der Waals surface area contributed by atoms with E-state index in [4.69, 9.17) is 10.5 Å². The molecule has 0 saturated heterocycles. The van der Waals surface area contributed by atoms with Crippen molar-refractivity contribution in [3.63, 3.8) is 0 Å². The molecular weight excluding hydrogens is 204 g/mol. The lowest BCUT2D eigenvalue weighted by atomic mass is 10.3. The van der Waals surface area contributed by atoms with Crippen molar-refractivity contribution in [3.8, 4) is 5.75 Å². The lowest BCUT2D eigenvalue weighted by Crippen LogP contribution is -2.31. The number of para-hydroxylation sites is 1. The van der Waals surface area contributed by atoms with Gasteiger partial charge in [-0.3, -0.25) is 0 Å². The Morgan fingerprint density at radius 1 is 1.38 bits per heavy atom. The Morgan fingerprint density at radius 3 is 2.81 bits per heavy atom. The van der Waals surface area contributed by atoms with Crippen molar-refractivity contribution in [1.29, 1.82) is 0 Å². The number of nitrogens with two attached hydrogens (primary N) is 1. The van der Waals surface area contributed by atoms with Gasteiger partial charge in [-0.05, 0) is 18.3 Å². The second-order valence-corrected chi connectivity index (χ2v) is 3.36. The number of rotatable bonds is 7. The molecule has 1 rings (SSSR count). The Kier molecular flexibility index (Phi) is 6.06. The molecule has 4 heteroatoms. The van der Waals surface area contributed by atoms with Crippen LogP contribution in [0.3, 0.4) is 0 Å². The third-order valence-corrected chi connectivity index (χ3v) is 1.96. The maximum Gasteiger partial charge on any atom is 0.119 e. The van der Waals surface area contributed by atoms with E-state index in [1.54, 1.807) is 6.08 Å². The second-order valence-electron chi connectivity index (χ2n) is 3.36. The summed E-state index contributed by atoms with van der Waals surface area (Å²) in [5.74, 6) is 0.767. The first-order chi connectivity index (χ1) is 7.83.